The van der Waals surface area contributed by atoms with Gasteiger partial charge in [0.1, 0.15) is 0 Å². The molecule has 1 amide bonds. The fourth-order valence-corrected chi connectivity index (χ4v) is 1.98. The highest BCUT2D eigenvalue weighted by Gasteiger charge is 2.34. The van der Waals surface area contributed by atoms with Crippen molar-refractivity contribution in [3.63, 3.8) is 0 Å². The lowest BCUT2D eigenvalue weighted by molar-refractivity contribution is -0.140. The molecular weight excluding hydrogens is 168 g/mol. The number of amides is 1. The third-order valence-electron chi connectivity index (χ3n) is 2.89. The second-order valence-electron chi connectivity index (χ2n) is 3.94. The Morgan fingerprint density at radius 1 is 1.54 bits per heavy atom. The summed E-state index contributed by atoms with van der Waals surface area (Å²) in [5.41, 5.74) is 0. The van der Waals surface area contributed by atoms with E-state index in [1.807, 2.05) is 4.90 Å². The minimum atomic E-state index is 0.0552. The molecule has 0 spiro atoms. The zero-order chi connectivity index (χ0) is 9.26. The van der Waals surface area contributed by atoms with E-state index in [1.165, 1.54) is 0 Å². The molecule has 0 radical (unpaired) electrons. The molecule has 2 rings (SSSR count). The van der Waals surface area contributed by atoms with Crippen LogP contribution in [0.3, 0.4) is 0 Å². The Hall–Kier alpha value is -0.610. The average molecular weight is 184 g/mol. The number of rotatable bonds is 2. The number of hydrogen-bond acceptors (Lipinski definition) is 3. The van der Waals surface area contributed by atoms with Crippen LogP contribution in [-0.2, 0) is 4.79 Å². The van der Waals surface area contributed by atoms with Crippen LogP contribution in [0.2, 0.25) is 0 Å². The molecule has 0 aliphatic carbocycles. The summed E-state index contributed by atoms with van der Waals surface area (Å²) in [6, 6.07) is 0.0552. The van der Waals surface area contributed by atoms with Crippen LogP contribution in [0.15, 0.2) is 0 Å². The van der Waals surface area contributed by atoms with Gasteiger partial charge in [0.15, 0.2) is 0 Å². The standard InChI is InChI=1S/C9H16N2O2/c12-6-7-4-11(5-7)9(13)8-2-1-3-10-8/h7-8,10,12H,1-6H2. The number of aliphatic hydroxyl groups excluding tert-OH is 1. The Bertz CT molecular complexity index is 196. The lowest BCUT2D eigenvalue weighted by Crippen LogP contribution is -2.56. The van der Waals surface area contributed by atoms with Gasteiger partial charge in [-0.15, -0.1) is 0 Å². The maximum Gasteiger partial charge on any atom is 0.239 e. The van der Waals surface area contributed by atoms with Crippen LogP contribution in [0, 0.1) is 5.92 Å². The number of nitrogens with one attached hydrogen (secondary N) is 1. The van der Waals surface area contributed by atoms with Gasteiger partial charge in [0.05, 0.1) is 6.04 Å². The number of carbonyl (C=O) groups excluding carboxylic acids is 1. The van der Waals surface area contributed by atoms with Gasteiger partial charge in [0.25, 0.3) is 0 Å². The van der Waals surface area contributed by atoms with Crippen LogP contribution >= 0.6 is 0 Å². The fourth-order valence-electron chi connectivity index (χ4n) is 1.98. The zero-order valence-corrected chi connectivity index (χ0v) is 7.70. The first-order valence-corrected chi connectivity index (χ1v) is 4.94. The van der Waals surface area contributed by atoms with Crippen LogP contribution < -0.4 is 5.32 Å². The Labute approximate surface area is 77.9 Å². The minimum Gasteiger partial charge on any atom is -0.396 e. The van der Waals surface area contributed by atoms with E-state index >= 15 is 0 Å². The quantitative estimate of drug-likeness (QED) is 0.590. The fraction of sp³-hybridized carbons (Fsp3) is 0.889. The van der Waals surface area contributed by atoms with E-state index in [1.54, 1.807) is 0 Å². The van der Waals surface area contributed by atoms with E-state index in [4.69, 9.17) is 5.11 Å². The normalized spacial score (nSPS) is 29.0. The van der Waals surface area contributed by atoms with Gasteiger partial charge in [-0.2, -0.15) is 0 Å². The summed E-state index contributed by atoms with van der Waals surface area (Å²) in [5.74, 6) is 0.549. The zero-order valence-electron chi connectivity index (χ0n) is 7.70. The van der Waals surface area contributed by atoms with Crippen molar-refractivity contribution in [3.8, 4) is 0 Å². The third kappa shape index (κ3) is 1.69. The summed E-state index contributed by atoms with van der Waals surface area (Å²) in [6.45, 7) is 2.66. The summed E-state index contributed by atoms with van der Waals surface area (Å²) in [6.07, 6.45) is 2.08. The van der Waals surface area contributed by atoms with Gasteiger partial charge in [0.2, 0.25) is 5.91 Å². The Morgan fingerprint density at radius 2 is 2.31 bits per heavy atom. The Kier molecular flexibility index (Phi) is 2.51. The van der Waals surface area contributed by atoms with Crippen LogP contribution in [-0.4, -0.2) is 48.2 Å². The smallest absolute Gasteiger partial charge is 0.239 e. The van der Waals surface area contributed by atoms with E-state index in [9.17, 15) is 4.79 Å². The van der Waals surface area contributed by atoms with E-state index < -0.39 is 0 Å². The molecular formula is C9H16N2O2. The van der Waals surface area contributed by atoms with E-state index in [0.717, 1.165) is 32.5 Å². The number of nitrogens with zero attached hydrogens (tertiary/aromatic N) is 1. The van der Waals surface area contributed by atoms with E-state index in [0.29, 0.717) is 5.92 Å². The highest BCUT2D eigenvalue weighted by Crippen LogP contribution is 2.18. The molecule has 2 aliphatic rings. The molecule has 2 aliphatic heterocycles. The maximum atomic E-state index is 11.7. The molecule has 2 heterocycles. The first-order chi connectivity index (χ1) is 6.31. The molecule has 0 bridgehead atoms. The molecule has 2 saturated heterocycles. The van der Waals surface area contributed by atoms with Gasteiger partial charge in [-0.05, 0) is 19.4 Å². The number of carbonyl (C=O) groups is 1. The second-order valence-corrected chi connectivity index (χ2v) is 3.94. The lowest BCUT2D eigenvalue weighted by atomic mass is 10.00. The van der Waals surface area contributed by atoms with Gasteiger partial charge >= 0.3 is 0 Å². The molecule has 4 heteroatoms. The van der Waals surface area contributed by atoms with Crippen LogP contribution in [0.25, 0.3) is 0 Å². The summed E-state index contributed by atoms with van der Waals surface area (Å²) in [7, 11) is 0. The molecule has 0 aromatic rings. The van der Waals surface area contributed by atoms with Crippen molar-refractivity contribution in [2.24, 2.45) is 5.92 Å². The predicted molar refractivity (Wildman–Crippen MR) is 48.2 cm³/mol. The van der Waals surface area contributed by atoms with Gasteiger partial charge in [-0.25, -0.2) is 0 Å². The van der Waals surface area contributed by atoms with Crippen molar-refractivity contribution in [1.82, 2.24) is 10.2 Å². The van der Waals surface area contributed by atoms with Crippen molar-refractivity contribution in [3.05, 3.63) is 0 Å². The van der Waals surface area contributed by atoms with E-state index in [2.05, 4.69) is 5.32 Å². The van der Waals surface area contributed by atoms with Gasteiger partial charge in [-0.3, -0.25) is 4.79 Å². The second kappa shape index (κ2) is 3.64. The van der Waals surface area contributed by atoms with Gasteiger partial charge < -0.3 is 15.3 Å². The number of hydrogen-bond donors (Lipinski definition) is 2. The van der Waals surface area contributed by atoms with Crippen molar-refractivity contribution in [2.45, 2.75) is 18.9 Å². The highest BCUT2D eigenvalue weighted by molar-refractivity contribution is 5.82. The first kappa shape index (κ1) is 8.97. The molecule has 2 fully saturated rings. The predicted octanol–water partition coefficient (Wildman–Crippen LogP) is -0.811. The summed E-state index contributed by atoms with van der Waals surface area (Å²) < 4.78 is 0. The molecule has 0 aromatic carbocycles. The molecule has 1 atom stereocenters. The lowest BCUT2D eigenvalue weighted by Gasteiger charge is -2.39. The van der Waals surface area contributed by atoms with Crippen molar-refractivity contribution in [1.29, 1.82) is 0 Å². The number of likely N-dealkylation sites (tertiary alicyclic amines) is 1. The maximum absolute atomic E-state index is 11.7. The highest BCUT2D eigenvalue weighted by atomic mass is 16.3. The molecule has 0 aromatic heterocycles. The Balaban J connectivity index is 1.78. The van der Waals surface area contributed by atoms with Crippen molar-refractivity contribution in [2.75, 3.05) is 26.2 Å². The summed E-state index contributed by atoms with van der Waals surface area (Å²) in [5, 5.41) is 12.0. The topological polar surface area (TPSA) is 52.6 Å². The first-order valence-electron chi connectivity index (χ1n) is 4.94. The Morgan fingerprint density at radius 3 is 2.85 bits per heavy atom. The molecule has 2 N–H and O–H groups in total. The summed E-state index contributed by atoms with van der Waals surface area (Å²) >= 11 is 0. The van der Waals surface area contributed by atoms with Crippen LogP contribution in [0.5, 0.6) is 0 Å². The summed E-state index contributed by atoms with van der Waals surface area (Å²) in [4.78, 5) is 13.5. The van der Waals surface area contributed by atoms with E-state index in [-0.39, 0.29) is 18.6 Å². The molecule has 0 saturated carbocycles. The average Bonchev–Trinajstić information content (AvgIpc) is 2.53. The monoisotopic (exact) mass is 184 g/mol. The largest absolute Gasteiger partial charge is 0.396 e. The van der Waals surface area contributed by atoms with Gasteiger partial charge in [-0.1, -0.05) is 0 Å². The minimum absolute atomic E-state index is 0.0552. The number of aliphatic hydroxyl groups is 1. The molecule has 74 valence electrons. The SMILES string of the molecule is O=C(C1CCCN1)N1CC(CO)C1. The van der Waals surface area contributed by atoms with Crippen LogP contribution in [0.4, 0.5) is 0 Å². The molecule has 4 nitrogen and oxygen atoms in total. The van der Waals surface area contributed by atoms with Crippen molar-refractivity contribution < 1.29 is 9.90 Å². The van der Waals surface area contributed by atoms with Gasteiger partial charge in [0, 0.05) is 25.6 Å². The van der Waals surface area contributed by atoms with Crippen molar-refractivity contribution >= 4 is 5.91 Å². The molecule has 13 heavy (non-hydrogen) atoms. The molecule has 1 unspecified atom stereocenters. The third-order valence-corrected chi connectivity index (χ3v) is 2.89. The van der Waals surface area contributed by atoms with Crippen LogP contribution in [0.1, 0.15) is 12.8 Å².